The molecule has 6 N–H and O–H groups in total. The van der Waals surface area contributed by atoms with Crippen LogP contribution >= 0.6 is 0 Å². The summed E-state index contributed by atoms with van der Waals surface area (Å²) in [6.45, 7) is 5.00. The summed E-state index contributed by atoms with van der Waals surface area (Å²) < 4.78 is 12.1. The third-order valence-electron chi connectivity index (χ3n) is 10.00. The van der Waals surface area contributed by atoms with E-state index in [4.69, 9.17) is 20.9 Å². The monoisotopic (exact) mass is 562 g/mol. The van der Waals surface area contributed by atoms with Crippen molar-refractivity contribution < 1.29 is 19.7 Å². The molecule has 0 unspecified atom stereocenters. The number of ether oxygens (including phenoxy) is 2. The van der Waals surface area contributed by atoms with Crippen LogP contribution in [0.4, 0.5) is 11.4 Å². The van der Waals surface area contributed by atoms with Gasteiger partial charge in [-0.25, -0.2) is 0 Å². The Labute approximate surface area is 246 Å². The summed E-state index contributed by atoms with van der Waals surface area (Å²) in [7, 11) is 0. The minimum absolute atomic E-state index is 0.0219. The molecular weight excluding hydrogens is 524 g/mol. The summed E-state index contributed by atoms with van der Waals surface area (Å²) in [6, 6.07) is 27.1. The molecule has 0 radical (unpaired) electrons. The van der Waals surface area contributed by atoms with Gasteiger partial charge in [-0.15, -0.1) is 0 Å². The predicted octanol–water partition coefficient (Wildman–Crippen LogP) is 8.42. The fourth-order valence-corrected chi connectivity index (χ4v) is 9.51. The predicted molar refractivity (Wildman–Crippen MR) is 165 cm³/mol. The summed E-state index contributed by atoms with van der Waals surface area (Å²) in [6.07, 6.45) is 7.20. The van der Waals surface area contributed by atoms with E-state index in [-0.39, 0.29) is 33.2 Å². The average Bonchev–Trinajstić information content (AvgIpc) is 2.92. The number of rotatable bonds is 6. The molecule has 0 aromatic heterocycles. The Morgan fingerprint density at radius 1 is 0.500 bits per heavy atom. The van der Waals surface area contributed by atoms with Gasteiger partial charge in [0.15, 0.2) is 0 Å². The molecule has 4 bridgehead atoms. The van der Waals surface area contributed by atoms with Crippen molar-refractivity contribution in [3.63, 3.8) is 0 Å². The van der Waals surface area contributed by atoms with Gasteiger partial charge >= 0.3 is 0 Å². The molecule has 4 fully saturated rings. The van der Waals surface area contributed by atoms with Crippen molar-refractivity contribution in [2.45, 2.75) is 63.2 Å². The second-order valence-corrected chi connectivity index (χ2v) is 13.9. The third-order valence-corrected chi connectivity index (χ3v) is 10.00. The minimum atomic E-state index is 0.0219. The van der Waals surface area contributed by atoms with Crippen molar-refractivity contribution in [3.05, 3.63) is 96.1 Å². The fourth-order valence-electron chi connectivity index (χ4n) is 9.51. The molecule has 0 heterocycles. The molecule has 0 spiro atoms. The highest BCUT2D eigenvalue weighted by Gasteiger charge is 2.66. The summed E-state index contributed by atoms with van der Waals surface area (Å²) >= 11 is 0. The van der Waals surface area contributed by atoms with Gasteiger partial charge in [0.25, 0.3) is 0 Å². The number of hydrogen-bond acceptors (Lipinski definition) is 6. The Balaban J connectivity index is 1.17. The van der Waals surface area contributed by atoms with Crippen LogP contribution in [0.25, 0.3) is 0 Å². The Bertz CT molecular complexity index is 1530. The average molecular weight is 563 g/mol. The highest BCUT2D eigenvalue weighted by molar-refractivity contribution is 5.56. The molecule has 4 saturated carbocycles. The molecule has 4 aromatic rings. The van der Waals surface area contributed by atoms with Gasteiger partial charge in [-0.2, -0.15) is 0 Å². The van der Waals surface area contributed by atoms with Gasteiger partial charge in [-0.3, -0.25) is 0 Å². The first kappa shape index (κ1) is 26.6. The van der Waals surface area contributed by atoms with Crippen molar-refractivity contribution in [2.24, 2.45) is 10.8 Å². The van der Waals surface area contributed by atoms with Gasteiger partial charge < -0.3 is 31.2 Å². The molecule has 0 saturated heterocycles. The smallest absolute Gasteiger partial charge is 0.142 e. The maximum Gasteiger partial charge on any atom is 0.142 e. The number of nitrogens with two attached hydrogens (primary N) is 2. The second kappa shape index (κ2) is 9.09. The van der Waals surface area contributed by atoms with Crippen LogP contribution < -0.4 is 20.9 Å². The van der Waals surface area contributed by atoms with E-state index in [1.807, 2.05) is 0 Å². The SMILES string of the molecule is CC12CC3(C)CC(c4ccc(Oc5ccc(N)c(O)c5)cc4)(C1)CC(c1ccc(Oc4ccc(N)c(O)c4)cc1)(C2)C3. The molecule has 0 aliphatic heterocycles. The van der Waals surface area contributed by atoms with Crippen LogP contribution in [0, 0.1) is 10.8 Å². The van der Waals surface area contributed by atoms with Gasteiger partial charge in [-0.1, -0.05) is 38.1 Å². The summed E-state index contributed by atoms with van der Waals surface area (Å²) in [5.41, 5.74) is 15.7. The number of anilines is 2. The van der Waals surface area contributed by atoms with Crippen molar-refractivity contribution in [1.82, 2.24) is 0 Å². The summed E-state index contributed by atoms with van der Waals surface area (Å²) in [5.74, 6) is 2.64. The maximum atomic E-state index is 9.96. The van der Waals surface area contributed by atoms with Crippen molar-refractivity contribution >= 4 is 11.4 Å². The molecule has 0 amide bonds. The zero-order valence-electron chi connectivity index (χ0n) is 24.2. The van der Waals surface area contributed by atoms with E-state index in [0.717, 1.165) is 17.9 Å². The van der Waals surface area contributed by atoms with Crippen LogP contribution in [-0.2, 0) is 10.8 Å². The normalized spacial score (nSPS) is 29.4. The molecular formula is C36H38N2O4. The lowest BCUT2D eigenvalue weighted by molar-refractivity contribution is -0.126. The number of nitrogen functional groups attached to an aromatic ring is 2. The van der Waals surface area contributed by atoms with Crippen LogP contribution in [0.5, 0.6) is 34.5 Å². The van der Waals surface area contributed by atoms with Gasteiger partial charge in [0, 0.05) is 12.1 Å². The number of phenolic OH excluding ortho intramolecular Hbond substituents is 2. The van der Waals surface area contributed by atoms with Gasteiger partial charge in [0.2, 0.25) is 0 Å². The fraction of sp³-hybridized carbons (Fsp3) is 0.333. The number of hydrogen-bond donors (Lipinski definition) is 4. The lowest BCUT2D eigenvalue weighted by atomic mass is 9.34. The third kappa shape index (κ3) is 4.50. The second-order valence-electron chi connectivity index (χ2n) is 13.9. The van der Waals surface area contributed by atoms with E-state index in [1.165, 1.54) is 43.2 Å². The molecule has 0 atom stereocenters. The molecule has 4 aliphatic carbocycles. The van der Waals surface area contributed by atoms with Gasteiger partial charge in [-0.05, 0) is 120 Å². The quantitative estimate of drug-likeness (QED) is 0.139. The van der Waals surface area contributed by atoms with E-state index in [9.17, 15) is 10.2 Å². The lowest BCUT2D eigenvalue weighted by Crippen LogP contribution is -2.62. The minimum Gasteiger partial charge on any atom is -0.506 e. The molecule has 4 aliphatic rings. The highest BCUT2D eigenvalue weighted by Crippen LogP contribution is 2.74. The molecule has 42 heavy (non-hydrogen) atoms. The van der Waals surface area contributed by atoms with Crippen LogP contribution in [0.1, 0.15) is 63.5 Å². The Kier molecular flexibility index (Phi) is 5.75. The molecule has 6 nitrogen and oxygen atoms in total. The maximum absolute atomic E-state index is 9.96. The van der Waals surface area contributed by atoms with E-state index in [2.05, 4.69) is 62.4 Å². The zero-order chi connectivity index (χ0) is 29.3. The first-order valence-corrected chi connectivity index (χ1v) is 14.7. The first-order valence-electron chi connectivity index (χ1n) is 14.7. The Morgan fingerprint density at radius 2 is 0.857 bits per heavy atom. The standard InChI is InChI=1S/C36H38N2O4/c1-33-17-34(2)20-35(18-33,23-3-7-25(8-4-23)41-27-11-13-29(37)31(39)15-27)22-36(19-33,21-34)24-5-9-26(10-6-24)42-28-12-14-30(38)32(40)16-28/h3-16,39-40H,17-22,37-38H2,1-2H3. The molecule has 8 rings (SSSR count). The summed E-state index contributed by atoms with van der Waals surface area (Å²) in [5, 5.41) is 19.9. The first-order chi connectivity index (χ1) is 20.0. The van der Waals surface area contributed by atoms with Crippen LogP contribution in [-0.4, -0.2) is 10.2 Å². The van der Waals surface area contributed by atoms with Crippen molar-refractivity contribution in [1.29, 1.82) is 0 Å². The van der Waals surface area contributed by atoms with Crippen LogP contribution in [0.15, 0.2) is 84.9 Å². The summed E-state index contributed by atoms with van der Waals surface area (Å²) in [4.78, 5) is 0. The van der Waals surface area contributed by atoms with Gasteiger partial charge in [0.05, 0.1) is 11.4 Å². The van der Waals surface area contributed by atoms with E-state index in [0.29, 0.717) is 22.9 Å². The van der Waals surface area contributed by atoms with Crippen LogP contribution in [0.2, 0.25) is 0 Å². The molecule has 6 heteroatoms. The number of aromatic hydroxyl groups is 2. The Hall–Kier alpha value is -4.32. The topological polar surface area (TPSA) is 111 Å². The van der Waals surface area contributed by atoms with Crippen molar-refractivity contribution in [2.75, 3.05) is 11.5 Å². The largest absolute Gasteiger partial charge is 0.506 e. The number of phenols is 2. The number of benzene rings is 4. The molecule has 216 valence electrons. The molecule has 4 aromatic carbocycles. The van der Waals surface area contributed by atoms with Gasteiger partial charge in [0.1, 0.15) is 34.5 Å². The zero-order valence-corrected chi connectivity index (χ0v) is 24.2. The lowest BCUT2D eigenvalue weighted by Gasteiger charge is -2.70. The Morgan fingerprint density at radius 3 is 1.21 bits per heavy atom. The van der Waals surface area contributed by atoms with E-state index in [1.54, 1.807) is 36.4 Å². The highest BCUT2D eigenvalue weighted by atomic mass is 16.5. The van der Waals surface area contributed by atoms with E-state index < -0.39 is 0 Å². The van der Waals surface area contributed by atoms with E-state index >= 15 is 0 Å². The van der Waals surface area contributed by atoms with Crippen LogP contribution in [0.3, 0.4) is 0 Å². The van der Waals surface area contributed by atoms with Crippen molar-refractivity contribution in [3.8, 4) is 34.5 Å².